The molecule has 1 atom stereocenters. The van der Waals surface area contributed by atoms with Gasteiger partial charge in [-0.1, -0.05) is 48.0 Å². The van der Waals surface area contributed by atoms with Gasteiger partial charge in [0.2, 0.25) is 5.91 Å². The van der Waals surface area contributed by atoms with Crippen LogP contribution in [0.25, 0.3) is 0 Å². The Hall–Kier alpha value is -3.32. The molecule has 1 unspecified atom stereocenters. The zero-order valence-electron chi connectivity index (χ0n) is 21.2. The summed E-state index contributed by atoms with van der Waals surface area (Å²) in [5.41, 5.74) is 3.23. The number of carbonyl (C=O) groups is 3. The van der Waals surface area contributed by atoms with E-state index in [0.717, 1.165) is 16.7 Å². The zero-order chi connectivity index (χ0) is 26.3. The van der Waals surface area contributed by atoms with E-state index in [4.69, 9.17) is 16.3 Å². The van der Waals surface area contributed by atoms with Gasteiger partial charge in [-0.05, 0) is 69.9 Å². The topological polar surface area (TPSA) is 87.7 Å². The van der Waals surface area contributed by atoms with Gasteiger partial charge in [-0.3, -0.25) is 9.59 Å². The number of hydrogen-bond donors (Lipinski definition) is 2. The maximum Gasteiger partial charge on any atom is 0.408 e. The fourth-order valence-corrected chi connectivity index (χ4v) is 3.71. The molecule has 2 N–H and O–H groups in total. The molecule has 0 bridgehead atoms. The molecular formula is C27H34ClN3O4. The Morgan fingerprint density at radius 2 is 1.77 bits per heavy atom. The third kappa shape index (κ3) is 7.86. The third-order valence-corrected chi connectivity index (χ3v) is 5.62. The number of rotatable bonds is 8. The van der Waals surface area contributed by atoms with Crippen molar-refractivity contribution in [1.29, 1.82) is 0 Å². The molecule has 2 rings (SSSR count). The molecule has 0 aliphatic rings. The van der Waals surface area contributed by atoms with Crippen molar-refractivity contribution in [3.8, 4) is 0 Å². The monoisotopic (exact) mass is 499 g/mol. The van der Waals surface area contributed by atoms with Crippen LogP contribution in [-0.2, 0) is 14.3 Å². The summed E-state index contributed by atoms with van der Waals surface area (Å²) in [4.78, 5) is 40.4. The fraction of sp³-hybridized carbons (Fsp3) is 0.370. The van der Waals surface area contributed by atoms with Crippen molar-refractivity contribution in [2.24, 2.45) is 0 Å². The number of para-hydroxylation sites is 1. The Bertz CT molecular complexity index is 1090. The molecule has 2 aromatic carbocycles. The minimum Gasteiger partial charge on any atom is -0.444 e. The molecular weight excluding hydrogens is 466 g/mol. The summed E-state index contributed by atoms with van der Waals surface area (Å²) in [5.74, 6) is -0.901. The number of nitrogens with one attached hydrogen (secondary N) is 2. The number of amides is 3. The smallest absolute Gasteiger partial charge is 0.408 e. The molecule has 0 spiro atoms. The lowest BCUT2D eigenvalue weighted by Crippen LogP contribution is -2.46. The van der Waals surface area contributed by atoms with Crippen molar-refractivity contribution in [3.05, 3.63) is 76.3 Å². The number of aryl methyl sites for hydroxylation is 3. The summed E-state index contributed by atoms with van der Waals surface area (Å²) in [5, 5.41) is 5.76. The molecule has 0 aliphatic carbocycles. The quantitative estimate of drug-likeness (QED) is 0.470. The van der Waals surface area contributed by atoms with Crippen LogP contribution >= 0.6 is 11.6 Å². The summed E-state index contributed by atoms with van der Waals surface area (Å²) >= 11 is 6.34. The Morgan fingerprint density at radius 3 is 2.34 bits per heavy atom. The Labute approximate surface area is 212 Å². The number of alkyl carbamates (subject to hydrolysis) is 1. The van der Waals surface area contributed by atoms with Crippen LogP contribution in [0.3, 0.4) is 0 Å². The lowest BCUT2D eigenvalue weighted by molar-refractivity contribution is -0.137. The Balaban J connectivity index is 2.42. The van der Waals surface area contributed by atoms with Gasteiger partial charge in [0.05, 0.1) is 10.7 Å². The van der Waals surface area contributed by atoms with Gasteiger partial charge >= 0.3 is 6.09 Å². The van der Waals surface area contributed by atoms with Crippen molar-refractivity contribution in [3.63, 3.8) is 0 Å². The average Bonchev–Trinajstić information content (AvgIpc) is 2.75. The first-order chi connectivity index (χ1) is 16.3. The molecule has 35 heavy (non-hydrogen) atoms. The second kappa shape index (κ2) is 11.9. The van der Waals surface area contributed by atoms with Gasteiger partial charge in [-0.2, -0.15) is 0 Å². The van der Waals surface area contributed by atoms with Crippen LogP contribution in [0.1, 0.15) is 49.1 Å². The lowest BCUT2D eigenvalue weighted by Gasteiger charge is -2.31. The van der Waals surface area contributed by atoms with E-state index in [9.17, 15) is 14.4 Å². The van der Waals surface area contributed by atoms with Crippen LogP contribution in [0.4, 0.5) is 10.5 Å². The molecule has 0 aromatic heterocycles. The number of ether oxygens (including phenoxy) is 1. The van der Waals surface area contributed by atoms with Crippen LogP contribution in [-0.4, -0.2) is 41.5 Å². The summed E-state index contributed by atoms with van der Waals surface area (Å²) < 4.78 is 5.22. The molecule has 3 amide bonds. The molecule has 188 valence electrons. The van der Waals surface area contributed by atoms with Gasteiger partial charge in [0.15, 0.2) is 0 Å². The van der Waals surface area contributed by atoms with Crippen molar-refractivity contribution < 1.29 is 19.1 Å². The van der Waals surface area contributed by atoms with Crippen molar-refractivity contribution >= 4 is 35.2 Å². The second-order valence-corrected chi connectivity index (χ2v) is 9.76. The van der Waals surface area contributed by atoms with E-state index >= 15 is 0 Å². The third-order valence-electron chi connectivity index (χ3n) is 5.31. The number of halogens is 1. The highest BCUT2D eigenvalue weighted by atomic mass is 35.5. The van der Waals surface area contributed by atoms with Gasteiger partial charge < -0.3 is 20.3 Å². The maximum atomic E-state index is 13.7. The van der Waals surface area contributed by atoms with Crippen LogP contribution < -0.4 is 10.6 Å². The van der Waals surface area contributed by atoms with Crippen molar-refractivity contribution in [2.75, 3.05) is 18.4 Å². The van der Waals surface area contributed by atoms with Gasteiger partial charge in [0, 0.05) is 6.54 Å². The van der Waals surface area contributed by atoms with Crippen LogP contribution in [0.15, 0.2) is 49.1 Å². The van der Waals surface area contributed by atoms with Crippen LogP contribution in [0, 0.1) is 20.8 Å². The summed E-state index contributed by atoms with van der Waals surface area (Å²) in [6, 6.07) is 9.93. The fourth-order valence-electron chi connectivity index (χ4n) is 3.44. The Kier molecular flexibility index (Phi) is 9.48. The zero-order valence-corrected chi connectivity index (χ0v) is 22.0. The number of nitrogens with zero attached hydrogens (tertiary/aromatic N) is 1. The highest BCUT2D eigenvalue weighted by Crippen LogP contribution is 2.29. The van der Waals surface area contributed by atoms with E-state index in [0.29, 0.717) is 16.3 Å². The molecule has 2 aromatic rings. The number of hydrogen-bond acceptors (Lipinski definition) is 4. The minimum absolute atomic E-state index is 0.0847. The first kappa shape index (κ1) is 27.9. The normalized spacial score (nSPS) is 11.9. The first-order valence-electron chi connectivity index (χ1n) is 11.3. The van der Waals surface area contributed by atoms with Crippen LogP contribution in [0.5, 0.6) is 0 Å². The maximum absolute atomic E-state index is 13.7. The minimum atomic E-state index is -0.990. The van der Waals surface area contributed by atoms with Crippen LogP contribution in [0.2, 0.25) is 5.02 Å². The number of benzene rings is 2. The summed E-state index contributed by atoms with van der Waals surface area (Å²) in [6.45, 7) is 14.4. The van der Waals surface area contributed by atoms with Gasteiger partial charge in [0.1, 0.15) is 18.2 Å². The summed E-state index contributed by atoms with van der Waals surface area (Å²) in [7, 11) is 0. The largest absolute Gasteiger partial charge is 0.444 e. The van der Waals surface area contributed by atoms with Gasteiger partial charge in [0.25, 0.3) is 5.91 Å². The van der Waals surface area contributed by atoms with Gasteiger partial charge in [-0.25, -0.2) is 4.79 Å². The SMILES string of the molecule is C=CCN(C(=O)CNC(=O)OC(C)(C)C)C(C(=O)Nc1c(C)cccc1Cl)c1ccc(C)c(C)c1. The van der Waals surface area contributed by atoms with Crippen molar-refractivity contribution in [2.45, 2.75) is 53.2 Å². The molecule has 7 nitrogen and oxygen atoms in total. The number of anilines is 1. The van der Waals surface area contributed by atoms with E-state index in [1.54, 1.807) is 32.9 Å². The molecule has 0 radical (unpaired) electrons. The molecule has 8 heteroatoms. The number of carbonyl (C=O) groups excluding carboxylic acids is 3. The molecule has 0 fully saturated rings. The van der Waals surface area contributed by atoms with E-state index in [1.807, 2.05) is 45.0 Å². The van der Waals surface area contributed by atoms with Gasteiger partial charge in [-0.15, -0.1) is 6.58 Å². The van der Waals surface area contributed by atoms with E-state index < -0.39 is 29.6 Å². The van der Waals surface area contributed by atoms with E-state index in [2.05, 4.69) is 17.2 Å². The highest BCUT2D eigenvalue weighted by Gasteiger charge is 2.32. The van der Waals surface area contributed by atoms with Crippen molar-refractivity contribution in [1.82, 2.24) is 10.2 Å². The van der Waals surface area contributed by atoms with E-state index in [1.165, 1.54) is 11.0 Å². The highest BCUT2D eigenvalue weighted by molar-refractivity contribution is 6.34. The first-order valence-corrected chi connectivity index (χ1v) is 11.7. The molecule has 0 heterocycles. The predicted octanol–water partition coefficient (Wildman–Crippen LogP) is 5.48. The lowest BCUT2D eigenvalue weighted by atomic mass is 9.98. The second-order valence-electron chi connectivity index (χ2n) is 9.36. The Morgan fingerprint density at radius 1 is 1.09 bits per heavy atom. The average molecular weight is 500 g/mol. The molecule has 0 saturated heterocycles. The van der Waals surface area contributed by atoms with E-state index in [-0.39, 0.29) is 13.1 Å². The standard InChI is InChI=1S/C27H34ClN3O4/c1-8-14-31(22(32)16-29-26(34)35-27(5,6)7)24(20-13-12-17(2)19(4)15-20)25(33)30-23-18(3)10-9-11-21(23)28/h8-13,15,24H,1,14,16H2,2-7H3,(H,29,34)(H,30,33). The molecule has 0 saturated carbocycles. The predicted molar refractivity (Wildman–Crippen MR) is 140 cm³/mol. The molecule has 0 aliphatic heterocycles. The summed E-state index contributed by atoms with van der Waals surface area (Å²) in [6.07, 6.45) is 0.816.